The summed E-state index contributed by atoms with van der Waals surface area (Å²) in [6, 6.07) is 0. The van der Waals surface area contributed by atoms with Crippen LogP contribution in [-0.4, -0.2) is 35.8 Å². The van der Waals surface area contributed by atoms with E-state index < -0.39 is 21.9 Å². The van der Waals surface area contributed by atoms with E-state index in [2.05, 4.69) is 9.82 Å². The quantitative estimate of drug-likeness (QED) is 0.758. The molecule has 0 saturated heterocycles. The van der Waals surface area contributed by atoms with Gasteiger partial charge in [-0.25, -0.2) is 13.1 Å². The number of hydrogen-bond acceptors (Lipinski definition) is 4. The summed E-state index contributed by atoms with van der Waals surface area (Å²) in [4.78, 5) is 11.1. The van der Waals surface area contributed by atoms with E-state index in [9.17, 15) is 13.2 Å². The number of aromatic nitrogens is 2. The summed E-state index contributed by atoms with van der Waals surface area (Å²) >= 11 is 0. The second-order valence-corrected chi connectivity index (χ2v) is 6.63. The maximum Gasteiger partial charge on any atom is 0.307 e. The van der Waals surface area contributed by atoms with Gasteiger partial charge in [-0.05, 0) is 12.3 Å². The van der Waals surface area contributed by atoms with E-state index in [4.69, 9.17) is 5.11 Å². The van der Waals surface area contributed by atoms with Crippen molar-refractivity contribution in [3.05, 3.63) is 12.4 Å². The largest absolute Gasteiger partial charge is 0.481 e. The third-order valence-electron chi connectivity index (χ3n) is 2.62. The summed E-state index contributed by atoms with van der Waals surface area (Å²) in [6.07, 6.45) is 3.01. The molecule has 0 saturated carbocycles. The van der Waals surface area contributed by atoms with Crippen molar-refractivity contribution >= 4 is 16.0 Å². The predicted octanol–water partition coefficient (Wildman–Crippen LogP) is 0.445. The van der Waals surface area contributed by atoms with E-state index in [1.807, 2.05) is 13.8 Å². The number of hydrogen-bond donors (Lipinski definition) is 2. The molecule has 1 aromatic rings. The lowest BCUT2D eigenvalue weighted by atomic mass is 9.98. The number of aliphatic carboxylic acids is 1. The Hall–Kier alpha value is -1.41. The van der Waals surface area contributed by atoms with Crippen LogP contribution in [0.1, 0.15) is 20.3 Å². The lowest BCUT2D eigenvalue weighted by Gasteiger charge is -2.15. The van der Waals surface area contributed by atoms with Gasteiger partial charge in [0.1, 0.15) is 4.90 Å². The average molecular weight is 289 g/mol. The van der Waals surface area contributed by atoms with Crippen LogP contribution in [0.4, 0.5) is 0 Å². The van der Waals surface area contributed by atoms with Crippen LogP contribution in [0.5, 0.6) is 0 Å². The van der Waals surface area contributed by atoms with Crippen molar-refractivity contribution in [1.82, 2.24) is 14.5 Å². The van der Waals surface area contributed by atoms with E-state index in [-0.39, 0.29) is 17.4 Å². The fraction of sp³-hybridized carbons (Fsp3) is 0.636. The Morgan fingerprint density at radius 3 is 2.58 bits per heavy atom. The predicted molar refractivity (Wildman–Crippen MR) is 69.0 cm³/mol. The average Bonchev–Trinajstić information content (AvgIpc) is 2.71. The highest BCUT2D eigenvalue weighted by Gasteiger charge is 2.23. The van der Waals surface area contributed by atoms with Crippen LogP contribution in [0.15, 0.2) is 17.3 Å². The van der Waals surface area contributed by atoms with Crippen LogP contribution in [0, 0.1) is 11.8 Å². The molecule has 1 unspecified atom stereocenters. The third kappa shape index (κ3) is 4.64. The van der Waals surface area contributed by atoms with Gasteiger partial charge < -0.3 is 5.11 Å². The van der Waals surface area contributed by atoms with Crippen LogP contribution < -0.4 is 4.72 Å². The maximum absolute atomic E-state index is 11.9. The first-order valence-electron chi connectivity index (χ1n) is 5.93. The summed E-state index contributed by atoms with van der Waals surface area (Å²) in [5.41, 5.74) is 0. The van der Waals surface area contributed by atoms with Gasteiger partial charge in [-0.15, -0.1) is 0 Å². The SMILES string of the molecule is CC(C)CC(CNS(=O)(=O)c1cnn(C)c1)C(=O)O. The van der Waals surface area contributed by atoms with Gasteiger partial charge in [-0.1, -0.05) is 13.8 Å². The molecular weight excluding hydrogens is 270 g/mol. The van der Waals surface area contributed by atoms with Crippen molar-refractivity contribution < 1.29 is 18.3 Å². The van der Waals surface area contributed by atoms with E-state index in [0.29, 0.717) is 6.42 Å². The van der Waals surface area contributed by atoms with Crippen molar-refractivity contribution in [2.24, 2.45) is 18.9 Å². The van der Waals surface area contributed by atoms with Gasteiger partial charge in [0, 0.05) is 19.8 Å². The molecule has 19 heavy (non-hydrogen) atoms. The first kappa shape index (κ1) is 15.6. The molecule has 1 atom stereocenters. The molecule has 0 fully saturated rings. The van der Waals surface area contributed by atoms with Gasteiger partial charge in [0.25, 0.3) is 0 Å². The molecule has 8 heteroatoms. The Kier molecular flexibility index (Phi) is 5.07. The minimum Gasteiger partial charge on any atom is -0.481 e. The summed E-state index contributed by atoms with van der Waals surface area (Å²) in [7, 11) is -2.09. The van der Waals surface area contributed by atoms with Gasteiger partial charge in [-0.2, -0.15) is 5.10 Å². The number of carboxylic acids is 1. The summed E-state index contributed by atoms with van der Waals surface area (Å²) in [6.45, 7) is 3.67. The first-order valence-corrected chi connectivity index (χ1v) is 7.42. The number of aryl methyl sites for hydroxylation is 1. The van der Waals surface area contributed by atoms with E-state index in [1.165, 1.54) is 17.1 Å². The summed E-state index contributed by atoms with van der Waals surface area (Å²) in [5, 5.41) is 12.8. The minimum atomic E-state index is -3.70. The fourth-order valence-electron chi connectivity index (χ4n) is 1.67. The van der Waals surface area contributed by atoms with Crippen molar-refractivity contribution in [2.75, 3.05) is 6.54 Å². The highest BCUT2D eigenvalue weighted by atomic mass is 32.2. The third-order valence-corrected chi connectivity index (χ3v) is 3.99. The Labute approximate surface area is 112 Å². The van der Waals surface area contributed by atoms with Crippen LogP contribution >= 0.6 is 0 Å². The van der Waals surface area contributed by atoms with Gasteiger partial charge in [0.2, 0.25) is 10.0 Å². The Bertz CT molecular complexity index is 536. The molecule has 0 spiro atoms. The minimum absolute atomic E-state index is 0.0312. The molecule has 0 aliphatic heterocycles. The smallest absolute Gasteiger partial charge is 0.307 e. The van der Waals surface area contributed by atoms with Gasteiger partial charge in [-0.3, -0.25) is 9.48 Å². The van der Waals surface area contributed by atoms with Crippen LogP contribution in [0.3, 0.4) is 0 Å². The molecule has 0 amide bonds. The number of carboxylic acid groups (broad SMARTS) is 1. The zero-order chi connectivity index (χ0) is 14.6. The molecule has 1 heterocycles. The summed E-state index contributed by atoms with van der Waals surface area (Å²) in [5.74, 6) is -1.54. The number of sulfonamides is 1. The Morgan fingerprint density at radius 1 is 1.53 bits per heavy atom. The maximum atomic E-state index is 11.9. The lowest BCUT2D eigenvalue weighted by molar-refractivity contribution is -0.142. The second kappa shape index (κ2) is 6.16. The molecule has 108 valence electrons. The van der Waals surface area contributed by atoms with Gasteiger partial charge >= 0.3 is 5.97 Å². The number of nitrogens with zero attached hydrogens (tertiary/aromatic N) is 2. The molecule has 0 radical (unpaired) electrons. The van der Waals surface area contributed by atoms with Gasteiger partial charge in [0.05, 0.1) is 12.1 Å². The second-order valence-electron chi connectivity index (χ2n) is 4.87. The van der Waals surface area contributed by atoms with Gasteiger partial charge in [0.15, 0.2) is 0 Å². The van der Waals surface area contributed by atoms with Crippen molar-refractivity contribution in [3.8, 4) is 0 Å². The molecule has 0 bridgehead atoms. The van der Waals surface area contributed by atoms with Crippen LogP contribution in [0.25, 0.3) is 0 Å². The Morgan fingerprint density at radius 2 is 2.16 bits per heavy atom. The molecular formula is C11H19N3O4S. The lowest BCUT2D eigenvalue weighted by Crippen LogP contribution is -2.33. The Balaban J connectivity index is 2.71. The molecule has 1 aromatic heterocycles. The number of carbonyl (C=O) groups is 1. The number of nitrogens with one attached hydrogen (secondary N) is 1. The standard InChI is InChI=1S/C11H19N3O4S/c1-8(2)4-9(11(15)16)5-13-19(17,18)10-6-12-14(3)7-10/h6-9,13H,4-5H2,1-3H3,(H,15,16). The number of rotatable bonds is 7. The monoisotopic (exact) mass is 289 g/mol. The molecule has 0 aliphatic rings. The van der Waals surface area contributed by atoms with E-state index in [0.717, 1.165) is 0 Å². The highest BCUT2D eigenvalue weighted by molar-refractivity contribution is 7.89. The molecule has 2 N–H and O–H groups in total. The topological polar surface area (TPSA) is 101 Å². The van der Waals surface area contributed by atoms with Crippen molar-refractivity contribution in [1.29, 1.82) is 0 Å². The van der Waals surface area contributed by atoms with E-state index in [1.54, 1.807) is 7.05 Å². The zero-order valence-electron chi connectivity index (χ0n) is 11.2. The van der Waals surface area contributed by atoms with Crippen molar-refractivity contribution in [2.45, 2.75) is 25.2 Å². The van der Waals surface area contributed by atoms with E-state index >= 15 is 0 Å². The van der Waals surface area contributed by atoms with Crippen molar-refractivity contribution in [3.63, 3.8) is 0 Å². The van der Waals surface area contributed by atoms with Crippen LogP contribution in [-0.2, 0) is 21.9 Å². The molecule has 1 rings (SSSR count). The molecule has 0 aliphatic carbocycles. The highest BCUT2D eigenvalue weighted by Crippen LogP contribution is 2.13. The van der Waals surface area contributed by atoms with Crippen LogP contribution in [0.2, 0.25) is 0 Å². The normalized spacial score (nSPS) is 13.7. The molecule has 0 aromatic carbocycles. The first-order chi connectivity index (χ1) is 8.72. The zero-order valence-corrected chi connectivity index (χ0v) is 12.0. The fourth-order valence-corrected chi connectivity index (χ4v) is 2.74. The summed E-state index contributed by atoms with van der Waals surface area (Å²) < 4.78 is 27.5. The molecule has 7 nitrogen and oxygen atoms in total.